The predicted molar refractivity (Wildman–Crippen MR) is 81.8 cm³/mol. The molecule has 126 valence electrons. The number of nitrogens with zero attached hydrogens (tertiary/aromatic N) is 4. The van der Waals surface area contributed by atoms with Crippen LogP contribution >= 0.6 is 0 Å². The zero-order chi connectivity index (χ0) is 19.8. The van der Waals surface area contributed by atoms with Crippen molar-refractivity contribution in [2.45, 2.75) is 13.8 Å². The molecule has 0 saturated heterocycles. The minimum atomic E-state index is -1.82. The van der Waals surface area contributed by atoms with Gasteiger partial charge in [0.1, 0.15) is 47.1 Å². The zero-order valence-electron chi connectivity index (χ0n) is 13.3. The Morgan fingerprint density at radius 1 is 0.577 bits per heavy atom. The first kappa shape index (κ1) is 18.5. The van der Waals surface area contributed by atoms with Crippen LogP contribution in [0.2, 0.25) is 0 Å². The first-order chi connectivity index (χ1) is 12.3. The Kier molecular flexibility index (Phi) is 4.65. The van der Waals surface area contributed by atoms with Gasteiger partial charge in [-0.15, -0.1) is 0 Å². The molecular weight excluding hydrogens is 348 g/mol. The summed E-state index contributed by atoms with van der Waals surface area (Å²) in [7, 11) is 0. The van der Waals surface area contributed by atoms with E-state index in [9.17, 15) is 17.6 Å². The fraction of sp³-hybridized carbons (Fsp3) is 0.111. The van der Waals surface area contributed by atoms with Gasteiger partial charge in [0.2, 0.25) is 0 Å². The van der Waals surface area contributed by atoms with Crippen LogP contribution in [0.3, 0.4) is 0 Å². The lowest BCUT2D eigenvalue weighted by Gasteiger charge is -2.12. The SMILES string of the molecule is Cc1c(F)c2c(C)c(=C(C#N)C#N)c(F)c(F)c2c(F)c1=C(C#N)C#N. The van der Waals surface area contributed by atoms with Crippen molar-refractivity contribution in [3.05, 3.63) is 44.8 Å². The molecule has 0 aromatic heterocycles. The van der Waals surface area contributed by atoms with Crippen molar-refractivity contribution in [1.82, 2.24) is 0 Å². The molecule has 0 heterocycles. The molecule has 0 fully saturated rings. The Balaban J connectivity index is 3.48. The van der Waals surface area contributed by atoms with Gasteiger partial charge < -0.3 is 0 Å². The van der Waals surface area contributed by atoms with Gasteiger partial charge in [0.25, 0.3) is 0 Å². The van der Waals surface area contributed by atoms with Crippen molar-refractivity contribution in [1.29, 1.82) is 21.0 Å². The third-order valence-corrected chi connectivity index (χ3v) is 3.94. The smallest absolute Gasteiger partial charge is 0.170 e. The molecule has 0 spiro atoms. The molecule has 0 amide bonds. The van der Waals surface area contributed by atoms with E-state index in [1.165, 1.54) is 24.3 Å². The van der Waals surface area contributed by atoms with Crippen LogP contribution in [-0.4, -0.2) is 0 Å². The van der Waals surface area contributed by atoms with E-state index in [1.807, 2.05) is 0 Å². The summed E-state index contributed by atoms with van der Waals surface area (Å²) in [6, 6.07) is 5.52. The lowest BCUT2D eigenvalue weighted by Crippen LogP contribution is -2.24. The Morgan fingerprint density at radius 3 is 1.42 bits per heavy atom. The van der Waals surface area contributed by atoms with Crippen LogP contribution in [0.15, 0.2) is 0 Å². The van der Waals surface area contributed by atoms with Crippen LogP contribution in [0.25, 0.3) is 21.9 Å². The van der Waals surface area contributed by atoms with Crippen molar-refractivity contribution in [3.63, 3.8) is 0 Å². The lowest BCUT2D eigenvalue weighted by molar-refractivity contribution is 0.503. The molecule has 0 radical (unpaired) electrons. The topological polar surface area (TPSA) is 95.2 Å². The van der Waals surface area contributed by atoms with E-state index in [1.54, 1.807) is 0 Å². The van der Waals surface area contributed by atoms with E-state index < -0.39 is 61.2 Å². The molecule has 8 heteroatoms. The molecule has 0 aliphatic carbocycles. The maximum absolute atomic E-state index is 14.8. The molecule has 2 aromatic carbocycles. The average Bonchev–Trinajstić information content (AvgIpc) is 2.63. The molecule has 0 aliphatic rings. The summed E-state index contributed by atoms with van der Waals surface area (Å²) in [5.41, 5.74) is -2.41. The van der Waals surface area contributed by atoms with E-state index in [0.717, 1.165) is 13.8 Å². The number of rotatable bonds is 0. The van der Waals surface area contributed by atoms with Gasteiger partial charge in [-0.05, 0) is 25.0 Å². The Morgan fingerprint density at radius 2 is 1.00 bits per heavy atom. The van der Waals surface area contributed by atoms with Gasteiger partial charge >= 0.3 is 0 Å². The second-order valence-electron chi connectivity index (χ2n) is 5.20. The van der Waals surface area contributed by atoms with Gasteiger partial charge in [-0.25, -0.2) is 17.6 Å². The highest BCUT2D eigenvalue weighted by Gasteiger charge is 2.25. The van der Waals surface area contributed by atoms with E-state index in [2.05, 4.69) is 0 Å². The number of halogens is 4. The summed E-state index contributed by atoms with van der Waals surface area (Å²) < 4.78 is 58.6. The van der Waals surface area contributed by atoms with Gasteiger partial charge in [0.05, 0.1) is 5.39 Å². The van der Waals surface area contributed by atoms with Crippen molar-refractivity contribution < 1.29 is 17.6 Å². The minimum absolute atomic E-state index is 0.349. The van der Waals surface area contributed by atoms with Crippen molar-refractivity contribution in [3.8, 4) is 24.3 Å². The van der Waals surface area contributed by atoms with Crippen LogP contribution in [0, 0.1) is 82.4 Å². The maximum Gasteiger partial charge on any atom is 0.170 e. The van der Waals surface area contributed by atoms with E-state index in [4.69, 9.17) is 21.0 Å². The highest BCUT2D eigenvalue weighted by molar-refractivity contribution is 5.91. The second-order valence-corrected chi connectivity index (χ2v) is 5.20. The predicted octanol–water partition coefficient (Wildman–Crippen LogP) is 2.41. The third-order valence-electron chi connectivity index (χ3n) is 3.94. The summed E-state index contributed by atoms with van der Waals surface area (Å²) in [6.07, 6.45) is 0. The van der Waals surface area contributed by atoms with Crippen LogP contribution in [-0.2, 0) is 0 Å². The quantitative estimate of drug-likeness (QED) is 0.679. The fourth-order valence-corrected chi connectivity index (χ4v) is 2.74. The Bertz CT molecular complexity index is 1150. The molecular formula is C18H6F4N4. The molecule has 0 bridgehead atoms. The second kappa shape index (κ2) is 6.55. The Hall–Kier alpha value is -3.88. The maximum atomic E-state index is 14.8. The van der Waals surface area contributed by atoms with Gasteiger partial charge in [-0.3, -0.25) is 0 Å². The van der Waals surface area contributed by atoms with E-state index in [-0.39, 0.29) is 5.56 Å². The fourth-order valence-electron chi connectivity index (χ4n) is 2.74. The van der Waals surface area contributed by atoms with E-state index >= 15 is 0 Å². The molecule has 2 aromatic rings. The van der Waals surface area contributed by atoms with E-state index in [0.29, 0.717) is 0 Å². The van der Waals surface area contributed by atoms with Gasteiger partial charge in [-0.1, -0.05) is 0 Å². The average molecular weight is 354 g/mol. The first-order valence-electron chi connectivity index (χ1n) is 6.90. The highest BCUT2D eigenvalue weighted by atomic mass is 19.2. The number of benzene rings is 2. The summed E-state index contributed by atoms with van der Waals surface area (Å²) in [4.78, 5) is 0. The summed E-state index contributed by atoms with van der Waals surface area (Å²) in [5.74, 6) is -6.18. The number of nitriles is 4. The van der Waals surface area contributed by atoms with Crippen molar-refractivity contribution in [2.24, 2.45) is 0 Å². The number of fused-ring (bicyclic) bond motifs is 1. The zero-order valence-corrected chi connectivity index (χ0v) is 13.3. The highest BCUT2D eigenvalue weighted by Crippen LogP contribution is 2.27. The van der Waals surface area contributed by atoms with Crippen LogP contribution in [0.4, 0.5) is 17.6 Å². The van der Waals surface area contributed by atoms with Crippen LogP contribution in [0.1, 0.15) is 11.1 Å². The van der Waals surface area contributed by atoms with Gasteiger partial charge in [0.15, 0.2) is 11.6 Å². The molecule has 2 rings (SSSR count). The molecule has 0 N–H and O–H groups in total. The normalized spacial score (nSPS) is 9.77. The molecule has 0 saturated carbocycles. The van der Waals surface area contributed by atoms with Crippen molar-refractivity contribution in [2.75, 3.05) is 0 Å². The minimum Gasteiger partial charge on any atom is -0.206 e. The van der Waals surface area contributed by atoms with Gasteiger partial charge in [-0.2, -0.15) is 21.0 Å². The number of hydrogen-bond donors (Lipinski definition) is 0. The summed E-state index contributed by atoms with van der Waals surface area (Å²) >= 11 is 0. The summed E-state index contributed by atoms with van der Waals surface area (Å²) in [5, 5.41) is 32.3. The molecule has 0 aliphatic heterocycles. The molecule has 26 heavy (non-hydrogen) atoms. The van der Waals surface area contributed by atoms with Crippen molar-refractivity contribution >= 4 is 21.9 Å². The molecule has 4 nitrogen and oxygen atoms in total. The van der Waals surface area contributed by atoms with Crippen LogP contribution in [0.5, 0.6) is 0 Å². The largest absolute Gasteiger partial charge is 0.206 e. The lowest BCUT2D eigenvalue weighted by atomic mass is 9.94. The van der Waals surface area contributed by atoms with Gasteiger partial charge in [0, 0.05) is 15.8 Å². The number of hydrogen-bond acceptors (Lipinski definition) is 4. The summed E-state index contributed by atoms with van der Waals surface area (Å²) in [6.45, 7) is 2.18. The molecule has 0 atom stereocenters. The monoisotopic (exact) mass is 354 g/mol. The number of aryl methyl sites for hydroxylation is 1. The van der Waals surface area contributed by atoms with Crippen LogP contribution < -0.4 is 10.4 Å². The molecule has 0 unspecified atom stereocenters. The standard InChI is InChI=1S/C18H6F4N4/c1-7-11(9(3-23)4-24)17(21)18(22)14-13(7)15(19)8(2)12(16(14)20)10(5-25)6-26/h1-2H3. The third kappa shape index (κ3) is 2.34. The Labute approximate surface area is 144 Å². The first-order valence-corrected chi connectivity index (χ1v) is 6.90.